The van der Waals surface area contributed by atoms with Crippen LogP contribution >= 0.6 is 0 Å². The molecule has 47 heavy (non-hydrogen) atoms. The van der Waals surface area contributed by atoms with Gasteiger partial charge in [0.25, 0.3) is 0 Å². The van der Waals surface area contributed by atoms with Crippen molar-refractivity contribution in [2.75, 3.05) is 6.61 Å². The molecule has 0 bridgehead atoms. The number of aromatic nitrogens is 2. The van der Waals surface area contributed by atoms with E-state index in [-0.39, 0.29) is 29.7 Å². The van der Waals surface area contributed by atoms with Crippen LogP contribution in [0.5, 0.6) is 11.5 Å². The van der Waals surface area contributed by atoms with Gasteiger partial charge in [-0.2, -0.15) is 13.2 Å². The maximum atomic E-state index is 13.3. The van der Waals surface area contributed by atoms with Crippen LogP contribution < -0.4 is 9.47 Å². The SMILES string of the molecule is CCCCCCCCCCCCOc1cnc(-c2ccc(C(=O)Oc3ccc(C(=O)O[C@@H](CCCC)C(F)(F)F)c(C)c3)cc2)nc1. The predicted octanol–water partition coefficient (Wildman–Crippen LogP) is 10.2. The predicted molar refractivity (Wildman–Crippen MR) is 176 cm³/mol. The van der Waals surface area contributed by atoms with Crippen molar-refractivity contribution in [3.8, 4) is 22.9 Å². The van der Waals surface area contributed by atoms with Crippen LogP contribution in [0.1, 0.15) is 124 Å². The molecule has 256 valence electrons. The summed E-state index contributed by atoms with van der Waals surface area (Å²) >= 11 is 0. The molecule has 2 aromatic carbocycles. The molecule has 0 amide bonds. The highest BCUT2D eigenvalue weighted by molar-refractivity contribution is 5.93. The molecule has 0 saturated carbocycles. The quantitative estimate of drug-likeness (QED) is 0.0679. The number of aryl methyl sites for hydroxylation is 1. The summed E-state index contributed by atoms with van der Waals surface area (Å²) in [4.78, 5) is 34.0. The molecule has 0 saturated heterocycles. The van der Waals surface area contributed by atoms with E-state index in [1.54, 1.807) is 43.6 Å². The zero-order valence-corrected chi connectivity index (χ0v) is 27.7. The number of hydrogen-bond donors (Lipinski definition) is 0. The van der Waals surface area contributed by atoms with Crippen molar-refractivity contribution in [1.82, 2.24) is 9.97 Å². The number of ether oxygens (including phenoxy) is 3. The van der Waals surface area contributed by atoms with Crippen LogP contribution in [-0.2, 0) is 4.74 Å². The second-order valence-electron chi connectivity index (χ2n) is 11.8. The first-order chi connectivity index (χ1) is 22.6. The van der Waals surface area contributed by atoms with Crippen LogP contribution in [0.4, 0.5) is 13.2 Å². The molecule has 0 aliphatic heterocycles. The summed E-state index contributed by atoms with van der Waals surface area (Å²) in [5.74, 6) is -0.485. The minimum atomic E-state index is -4.65. The summed E-state index contributed by atoms with van der Waals surface area (Å²) in [6.07, 6.45) is 9.59. The number of halogens is 3. The van der Waals surface area contributed by atoms with E-state index >= 15 is 0 Å². The minimum absolute atomic E-state index is 0.0323. The zero-order valence-electron chi connectivity index (χ0n) is 27.7. The first kappa shape index (κ1) is 37.5. The largest absolute Gasteiger partial charge is 0.490 e. The van der Waals surface area contributed by atoms with Gasteiger partial charge < -0.3 is 14.2 Å². The molecule has 0 radical (unpaired) electrons. The van der Waals surface area contributed by atoms with E-state index in [9.17, 15) is 22.8 Å². The Balaban J connectivity index is 1.45. The van der Waals surface area contributed by atoms with Gasteiger partial charge in [0.15, 0.2) is 17.7 Å². The fraction of sp³-hybridized carbons (Fsp3) is 0.514. The highest BCUT2D eigenvalue weighted by Crippen LogP contribution is 2.29. The summed E-state index contributed by atoms with van der Waals surface area (Å²) in [6, 6.07) is 10.6. The van der Waals surface area contributed by atoms with Gasteiger partial charge in [-0.25, -0.2) is 19.6 Å². The molecular weight excluding hydrogens is 609 g/mol. The molecule has 0 aliphatic rings. The smallest absolute Gasteiger partial charge is 0.425 e. The van der Waals surface area contributed by atoms with Gasteiger partial charge in [0.2, 0.25) is 0 Å². The highest BCUT2D eigenvalue weighted by atomic mass is 19.4. The molecule has 1 atom stereocenters. The van der Waals surface area contributed by atoms with Crippen molar-refractivity contribution in [2.45, 2.75) is 117 Å². The molecule has 3 aromatic rings. The van der Waals surface area contributed by atoms with E-state index in [1.807, 2.05) is 0 Å². The van der Waals surface area contributed by atoms with Gasteiger partial charge in [0.1, 0.15) is 5.75 Å². The molecule has 0 spiro atoms. The number of carbonyl (C=O) groups is 2. The van der Waals surface area contributed by atoms with E-state index in [0.717, 1.165) is 12.8 Å². The Morgan fingerprint density at radius 2 is 1.34 bits per heavy atom. The summed E-state index contributed by atoms with van der Waals surface area (Å²) < 4.78 is 55.9. The van der Waals surface area contributed by atoms with Crippen LogP contribution in [-0.4, -0.2) is 40.8 Å². The second kappa shape index (κ2) is 19.7. The molecule has 0 aliphatic carbocycles. The van der Waals surface area contributed by atoms with E-state index in [1.165, 1.54) is 76.5 Å². The Kier molecular flexibility index (Phi) is 15.7. The van der Waals surface area contributed by atoms with Gasteiger partial charge in [0, 0.05) is 5.56 Å². The van der Waals surface area contributed by atoms with Crippen LogP contribution in [0.15, 0.2) is 54.9 Å². The lowest BCUT2D eigenvalue weighted by Crippen LogP contribution is -2.34. The van der Waals surface area contributed by atoms with Crippen LogP contribution in [0, 0.1) is 6.92 Å². The Morgan fingerprint density at radius 1 is 0.745 bits per heavy atom. The maximum Gasteiger partial charge on any atom is 0.425 e. The number of benzene rings is 2. The third kappa shape index (κ3) is 13.0. The highest BCUT2D eigenvalue weighted by Gasteiger charge is 2.42. The average Bonchev–Trinajstić information content (AvgIpc) is 3.05. The number of unbranched alkanes of at least 4 members (excludes halogenated alkanes) is 10. The average molecular weight is 657 g/mol. The van der Waals surface area contributed by atoms with Gasteiger partial charge in [-0.15, -0.1) is 0 Å². The molecular formula is C37H47F3N2O5. The molecule has 3 rings (SSSR count). The summed E-state index contributed by atoms with van der Waals surface area (Å²) in [7, 11) is 0. The summed E-state index contributed by atoms with van der Waals surface area (Å²) in [5.41, 5.74) is 1.27. The molecule has 1 aromatic heterocycles. The Morgan fingerprint density at radius 3 is 1.91 bits per heavy atom. The molecule has 0 N–H and O–H groups in total. The lowest BCUT2D eigenvalue weighted by molar-refractivity contribution is -0.206. The summed E-state index contributed by atoms with van der Waals surface area (Å²) in [5, 5.41) is 0. The van der Waals surface area contributed by atoms with Crippen molar-refractivity contribution >= 4 is 11.9 Å². The third-order valence-electron chi connectivity index (χ3n) is 7.84. The lowest BCUT2D eigenvalue weighted by Gasteiger charge is -2.21. The number of hydrogen-bond acceptors (Lipinski definition) is 7. The fourth-order valence-electron chi connectivity index (χ4n) is 5.04. The van der Waals surface area contributed by atoms with Crippen molar-refractivity contribution in [3.05, 3.63) is 71.5 Å². The molecule has 7 nitrogen and oxygen atoms in total. The zero-order chi connectivity index (χ0) is 34.1. The van der Waals surface area contributed by atoms with Gasteiger partial charge >= 0.3 is 18.1 Å². The standard InChI is InChI=1S/C37H47F3N2O5/c1-4-6-8-9-10-11-12-13-14-15-23-45-31-25-41-34(42-26-31)28-17-19-29(20-18-28)35(43)46-30-21-22-32(27(3)24-30)36(44)47-33(16-7-5-2)37(38,39)40/h17-22,24-26,33H,4-16,23H2,1-3H3/t33-/m0/s1. The van der Waals surface area contributed by atoms with Crippen molar-refractivity contribution in [1.29, 1.82) is 0 Å². The second-order valence-corrected chi connectivity index (χ2v) is 11.8. The Bertz CT molecular complexity index is 1380. The number of esters is 2. The van der Waals surface area contributed by atoms with E-state index in [0.29, 0.717) is 35.7 Å². The van der Waals surface area contributed by atoms with Crippen molar-refractivity contribution in [3.63, 3.8) is 0 Å². The van der Waals surface area contributed by atoms with E-state index < -0.39 is 24.2 Å². The first-order valence-electron chi connectivity index (χ1n) is 16.8. The third-order valence-corrected chi connectivity index (χ3v) is 7.84. The first-order valence-corrected chi connectivity index (χ1v) is 16.8. The minimum Gasteiger partial charge on any atom is -0.490 e. The maximum absolute atomic E-state index is 13.3. The molecule has 0 fully saturated rings. The number of rotatable bonds is 20. The fourth-order valence-corrected chi connectivity index (χ4v) is 5.04. The lowest BCUT2D eigenvalue weighted by atomic mass is 10.1. The number of alkyl halides is 3. The van der Waals surface area contributed by atoms with Crippen LogP contribution in [0.25, 0.3) is 11.4 Å². The molecule has 10 heteroatoms. The van der Waals surface area contributed by atoms with Crippen LogP contribution in [0.2, 0.25) is 0 Å². The van der Waals surface area contributed by atoms with E-state index in [2.05, 4.69) is 16.9 Å². The topological polar surface area (TPSA) is 87.6 Å². The van der Waals surface area contributed by atoms with Crippen LogP contribution in [0.3, 0.4) is 0 Å². The Hall–Kier alpha value is -3.95. The van der Waals surface area contributed by atoms with Gasteiger partial charge in [-0.1, -0.05) is 90.2 Å². The Labute approximate surface area is 276 Å². The van der Waals surface area contributed by atoms with Crippen molar-refractivity contribution < 1.29 is 37.0 Å². The van der Waals surface area contributed by atoms with Gasteiger partial charge in [0.05, 0.1) is 30.1 Å². The van der Waals surface area contributed by atoms with E-state index in [4.69, 9.17) is 14.2 Å². The molecule has 0 unspecified atom stereocenters. The summed E-state index contributed by atoms with van der Waals surface area (Å²) in [6.45, 7) is 6.16. The number of nitrogens with zero attached hydrogens (tertiary/aromatic N) is 2. The van der Waals surface area contributed by atoms with Gasteiger partial charge in [-0.05, 0) is 62.1 Å². The molecule has 1 heterocycles. The number of carbonyl (C=O) groups excluding carboxylic acids is 2. The normalized spacial score (nSPS) is 12.0. The van der Waals surface area contributed by atoms with Gasteiger partial charge in [-0.3, -0.25) is 0 Å². The monoisotopic (exact) mass is 656 g/mol. The van der Waals surface area contributed by atoms with Crippen molar-refractivity contribution in [2.24, 2.45) is 0 Å².